The molecule has 25 heavy (non-hydrogen) atoms. The van der Waals surface area contributed by atoms with E-state index in [4.69, 9.17) is 0 Å². The first-order valence-corrected chi connectivity index (χ1v) is 17.8. The van der Waals surface area contributed by atoms with Gasteiger partial charge in [0, 0.05) is 0 Å². The predicted molar refractivity (Wildman–Crippen MR) is 102 cm³/mol. The van der Waals surface area contributed by atoms with Crippen molar-refractivity contribution in [1.29, 1.82) is 0 Å². The second-order valence-electron chi connectivity index (χ2n) is 13.7. The van der Waals surface area contributed by atoms with Crippen LogP contribution in [0.3, 0.4) is 0 Å². The van der Waals surface area contributed by atoms with Gasteiger partial charge in [0.1, 0.15) is 0 Å². The van der Waals surface area contributed by atoms with Crippen molar-refractivity contribution in [2.45, 2.75) is 138 Å². The van der Waals surface area contributed by atoms with Crippen LogP contribution >= 0.6 is 0 Å². The molecule has 0 aromatic rings. The molecule has 10 aliphatic rings. The summed E-state index contributed by atoms with van der Waals surface area (Å²) in [5, 5.41) is 0. The number of hydrogen-bond donors (Lipinski definition) is 0. The topological polar surface area (TPSA) is 0 Å². The van der Waals surface area contributed by atoms with E-state index >= 15 is 0 Å². The average Bonchev–Trinajstić information content (AvgIpc) is 3.60. The molecule has 10 saturated heterocycles. The molecule has 10 heterocycles. The van der Waals surface area contributed by atoms with Crippen molar-refractivity contribution in [3.05, 3.63) is 0 Å². The maximum atomic E-state index is 2.70. The van der Waals surface area contributed by atoms with Crippen LogP contribution in [0.15, 0.2) is 0 Å². The Kier molecular flexibility index (Phi) is 0.652. The molecular formula is C24H38Fe. The zero-order valence-electron chi connectivity index (χ0n) is 17.5. The average molecular weight is 382 g/mol. The molecule has 0 saturated carbocycles. The van der Waals surface area contributed by atoms with E-state index in [1.54, 1.807) is 44.9 Å². The molecule has 8 atom stereocenters. The summed E-state index contributed by atoms with van der Waals surface area (Å²) in [6.07, 6.45) is 11.4. The molecule has 0 nitrogen and oxygen atoms in total. The molecule has 1 spiro atoms. The fourth-order valence-electron chi connectivity index (χ4n) is 29.1. The summed E-state index contributed by atoms with van der Waals surface area (Å²) in [7, 11) is 0. The molecule has 0 aromatic heterocycles. The third-order valence-corrected chi connectivity index (χ3v) is 71.3. The molecule has 0 aromatic carbocycles. The third-order valence-electron chi connectivity index (χ3n) is 21.3. The maximum absolute atomic E-state index is 3.81. The summed E-state index contributed by atoms with van der Waals surface area (Å²) in [4.78, 5) is 4.14. The normalized spacial score (nSPS) is 103. The summed E-state index contributed by atoms with van der Waals surface area (Å²) in [5.74, 6) is 0. The first-order valence-electron chi connectivity index (χ1n) is 12.0. The number of rotatable bonds is 7. The van der Waals surface area contributed by atoms with Crippen molar-refractivity contribution in [3.63, 3.8) is 0 Å². The quantitative estimate of drug-likeness (QED) is 0.386. The first kappa shape index (κ1) is 12.9. The van der Waals surface area contributed by atoms with Crippen LogP contribution in [0.4, 0.5) is 0 Å². The molecule has 142 valence electrons. The van der Waals surface area contributed by atoms with Gasteiger partial charge in [0.2, 0.25) is 0 Å². The van der Waals surface area contributed by atoms with Gasteiger partial charge >= 0.3 is 145 Å². The Balaban J connectivity index is 1.66. The second-order valence-corrected chi connectivity index (χ2v) is 36.0. The SMILES string of the molecule is CC[C]12[CH]3[CH]4[C]5(CC)[C]1(CC)[Fe]34251678[CH]2[C]1(CC)[C]6(CC)[C]7(CC)[C]28CC. The van der Waals surface area contributed by atoms with E-state index in [1.165, 1.54) is 14.4 Å². The Morgan fingerprint density at radius 3 is 1.12 bits per heavy atom. The molecule has 1 heteroatoms. The van der Waals surface area contributed by atoms with Crippen LogP contribution in [0.5, 0.6) is 0 Å². The van der Waals surface area contributed by atoms with Gasteiger partial charge in [0.25, 0.3) is 0 Å². The molecule has 0 bridgehead atoms. The van der Waals surface area contributed by atoms with Crippen molar-refractivity contribution in [3.8, 4) is 0 Å². The van der Waals surface area contributed by atoms with Crippen LogP contribution in [-0.4, -0.2) is 0 Å². The van der Waals surface area contributed by atoms with Gasteiger partial charge in [0.05, 0.1) is 0 Å². The molecule has 10 rings (SSSR count). The Morgan fingerprint density at radius 1 is 0.480 bits per heavy atom. The fraction of sp³-hybridized carbons (Fsp3) is 1.00. The van der Waals surface area contributed by atoms with Gasteiger partial charge in [-0.3, -0.25) is 0 Å². The van der Waals surface area contributed by atoms with Crippen LogP contribution in [-0.2, 0) is 6.51 Å². The molecule has 0 aliphatic carbocycles. The van der Waals surface area contributed by atoms with Gasteiger partial charge in [-0.05, 0) is 0 Å². The Hall–Kier alpha value is 0.519. The van der Waals surface area contributed by atoms with E-state index in [0.29, 0.717) is 0 Å². The standard InChI is InChI=1S/C13H21.C11H17.Fe/c1-5-10-9-11(6-2)13(8-4)12(10)7-3;1-4-9-7-8-10(5-2)11(9)6-3;/h9H,5-8H2,1-4H3;7-8H,4-6H2,1-3H3;. The van der Waals surface area contributed by atoms with Crippen LogP contribution in [0.2, 0.25) is 44.6 Å². The van der Waals surface area contributed by atoms with Gasteiger partial charge in [-0.1, -0.05) is 0 Å². The van der Waals surface area contributed by atoms with Gasteiger partial charge in [-0.15, -0.1) is 0 Å². The Labute approximate surface area is 144 Å². The zero-order chi connectivity index (χ0) is 17.5. The monoisotopic (exact) mass is 382 g/mol. The van der Waals surface area contributed by atoms with Crippen LogP contribution < -0.4 is 0 Å². The van der Waals surface area contributed by atoms with Crippen molar-refractivity contribution in [2.75, 3.05) is 0 Å². The second kappa shape index (κ2) is 1.27. The molecular weight excluding hydrogens is 344 g/mol. The number of fused-ring (bicyclic) bond motifs is 10. The Bertz CT molecular complexity index is 1180. The Morgan fingerprint density at radius 2 is 0.840 bits per heavy atom. The van der Waals surface area contributed by atoms with Crippen LogP contribution in [0.25, 0.3) is 0 Å². The van der Waals surface area contributed by atoms with Crippen molar-refractivity contribution in [1.82, 2.24) is 0 Å². The van der Waals surface area contributed by atoms with E-state index in [2.05, 4.69) is 48.5 Å². The summed E-state index contributed by atoms with van der Waals surface area (Å²) >= 11 is 0. The van der Waals surface area contributed by atoms with Gasteiger partial charge in [0.15, 0.2) is 0 Å². The minimum absolute atomic E-state index is 0.982. The van der Waals surface area contributed by atoms with Crippen LogP contribution in [0.1, 0.15) is 93.4 Å². The first-order chi connectivity index (χ1) is 11.8. The van der Waals surface area contributed by atoms with Crippen LogP contribution in [0, 0.1) is 0 Å². The van der Waals surface area contributed by atoms with E-state index in [-0.39, 0.29) is 0 Å². The number of hydrogen-bond acceptors (Lipinski definition) is 0. The van der Waals surface area contributed by atoms with Gasteiger partial charge in [-0.2, -0.15) is 0 Å². The van der Waals surface area contributed by atoms with Gasteiger partial charge < -0.3 is 0 Å². The van der Waals surface area contributed by atoms with Crippen molar-refractivity contribution in [2.24, 2.45) is 0 Å². The molecule has 10 aliphatic heterocycles. The van der Waals surface area contributed by atoms with Crippen molar-refractivity contribution >= 4 is 0 Å². The fourth-order valence-corrected chi connectivity index (χ4v) is 126. The van der Waals surface area contributed by atoms with E-state index in [9.17, 15) is 0 Å². The molecule has 8 unspecified atom stereocenters. The van der Waals surface area contributed by atoms with E-state index in [0.717, 1.165) is 30.2 Å². The molecule has 0 N–H and O–H groups in total. The summed E-state index contributed by atoms with van der Waals surface area (Å²) < 4.78 is 6.94. The summed E-state index contributed by atoms with van der Waals surface area (Å²) in [5.41, 5.74) is 0. The van der Waals surface area contributed by atoms with Gasteiger partial charge in [-0.25, -0.2) is 0 Å². The van der Waals surface area contributed by atoms with Crippen molar-refractivity contribution < 1.29 is 6.51 Å². The molecule has 0 amide bonds. The third kappa shape index (κ3) is 0.123. The zero-order valence-corrected chi connectivity index (χ0v) is 18.6. The summed E-state index contributed by atoms with van der Waals surface area (Å²) in [6, 6.07) is 0. The summed E-state index contributed by atoms with van der Waals surface area (Å²) in [6.45, 7) is 15.1. The minimum atomic E-state index is -3.81. The van der Waals surface area contributed by atoms with E-state index < -0.39 is 6.51 Å². The molecule has 10 fully saturated rings. The van der Waals surface area contributed by atoms with E-state index in [1.807, 2.05) is 0 Å². The molecule has 0 radical (unpaired) electrons. The predicted octanol–water partition coefficient (Wildman–Crippen LogP) is 8.84.